The molecule has 0 aliphatic rings. The number of primary sulfonamides is 1. The number of thiophene rings is 1. The van der Waals surface area contributed by atoms with E-state index in [1.54, 1.807) is 23.9 Å². The molecule has 3 nitrogen and oxygen atoms in total. The summed E-state index contributed by atoms with van der Waals surface area (Å²) in [6.07, 6.45) is 0. The van der Waals surface area contributed by atoms with E-state index in [0.29, 0.717) is 0 Å². The van der Waals surface area contributed by atoms with Gasteiger partial charge in [0.1, 0.15) is 4.21 Å². The van der Waals surface area contributed by atoms with Crippen LogP contribution in [0.15, 0.2) is 49.7 Å². The number of rotatable bonds is 3. The lowest BCUT2D eigenvalue weighted by Crippen LogP contribution is -2.09. The molecule has 0 saturated heterocycles. The molecule has 0 bridgehead atoms. The molecule has 2 rings (SSSR count). The lowest BCUT2D eigenvalue weighted by Gasteiger charge is -2.01. The zero-order chi connectivity index (χ0) is 12.5. The Morgan fingerprint density at radius 1 is 1.18 bits per heavy atom. The number of hydrogen-bond donors (Lipinski definition) is 1. The average molecular weight is 285 g/mol. The highest BCUT2D eigenvalue weighted by molar-refractivity contribution is 8.01. The summed E-state index contributed by atoms with van der Waals surface area (Å²) < 4.78 is 23.4. The fraction of sp³-hybridized carbons (Fsp3) is 0.0909. The van der Waals surface area contributed by atoms with Crippen LogP contribution < -0.4 is 5.14 Å². The highest BCUT2D eigenvalue weighted by Crippen LogP contribution is 2.35. The van der Waals surface area contributed by atoms with Crippen molar-refractivity contribution in [2.45, 2.75) is 20.2 Å². The van der Waals surface area contributed by atoms with Gasteiger partial charge in [0.05, 0.1) is 4.21 Å². The molecule has 2 aromatic rings. The molecular formula is C11H11NO2S3. The summed E-state index contributed by atoms with van der Waals surface area (Å²) in [6.45, 7) is 2.02. The lowest BCUT2D eigenvalue weighted by atomic mass is 10.2. The molecule has 0 spiro atoms. The lowest BCUT2D eigenvalue weighted by molar-refractivity contribution is 0.600. The van der Waals surface area contributed by atoms with Crippen LogP contribution in [0.1, 0.15) is 5.56 Å². The smallest absolute Gasteiger partial charge is 0.224 e. The van der Waals surface area contributed by atoms with E-state index in [4.69, 9.17) is 5.14 Å². The molecule has 0 atom stereocenters. The van der Waals surface area contributed by atoms with Gasteiger partial charge in [-0.05, 0) is 30.7 Å². The molecule has 0 unspecified atom stereocenters. The minimum atomic E-state index is -3.58. The highest BCUT2D eigenvalue weighted by Gasteiger charge is 2.12. The molecule has 1 aromatic heterocycles. The van der Waals surface area contributed by atoms with E-state index in [1.165, 1.54) is 16.9 Å². The maximum Gasteiger partial charge on any atom is 0.247 e. The summed E-state index contributed by atoms with van der Waals surface area (Å²) in [4.78, 5) is 1.12. The van der Waals surface area contributed by atoms with Gasteiger partial charge in [-0.2, -0.15) is 0 Å². The molecule has 0 fully saturated rings. The number of sulfonamides is 1. The first-order valence-electron chi connectivity index (χ1n) is 4.83. The molecule has 0 radical (unpaired) electrons. The van der Waals surface area contributed by atoms with Crippen molar-refractivity contribution in [1.82, 2.24) is 0 Å². The van der Waals surface area contributed by atoms with E-state index in [1.807, 2.05) is 31.2 Å². The van der Waals surface area contributed by atoms with Crippen molar-refractivity contribution in [3.05, 3.63) is 42.0 Å². The third kappa shape index (κ3) is 3.10. The minimum Gasteiger partial charge on any atom is -0.224 e. The van der Waals surface area contributed by atoms with Crippen molar-refractivity contribution in [3.63, 3.8) is 0 Å². The monoisotopic (exact) mass is 285 g/mol. The van der Waals surface area contributed by atoms with Crippen molar-refractivity contribution in [3.8, 4) is 0 Å². The van der Waals surface area contributed by atoms with Crippen LogP contribution in [0, 0.1) is 6.92 Å². The van der Waals surface area contributed by atoms with Gasteiger partial charge in [0.15, 0.2) is 0 Å². The average Bonchev–Trinajstić information content (AvgIpc) is 2.69. The fourth-order valence-electron chi connectivity index (χ4n) is 1.29. The van der Waals surface area contributed by atoms with Crippen molar-refractivity contribution in [1.29, 1.82) is 0 Å². The third-order valence-electron chi connectivity index (χ3n) is 2.14. The van der Waals surface area contributed by atoms with Gasteiger partial charge < -0.3 is 0 Å². The summed E-state index contributed by atoms with van der Waals surface area (Å²) in [5.41, 5.74) is 1.17. The zero-order valence-corrected chi connectivity index (χ0v) is 11.5. The maximum absolute atomic E-state index is 11.1. The Morgan fingerprint density at radius 3 is 2.47 bits per heavy atom. The van der Waals surface area contributed by atoms with Crippen LogP contribution >= 0.6 is 23.1 Å². The summed E-state index contributed by atoms with van der Waals surface area (Å²) in [7, 11) is -3.58. The van der Waals surface area contributed by atoms with E-state index in [0.717, 1.165) is 9.10 Å². The SMILES string of the molecule is Cc1ccccc1Sc1ccc(S(N)(=O)=O)s1. The predicted molar refractivity (Wildman–Crippen MR) is 71.0 cm³/mol. The summed E-state index contributed by atoms with van der Waals surface area (Å²) >= 11 is 2.74. The third-order valence-corrected chi connectivity index (χ3v) is 5.97. The van der Waals surface area contributed by atoms with Crippen LogP contribution in [0.3, 0.4) is 0 Å². The number of hydrogen-bond acceptors (Lipinski definition) is 4. The summed E-state index contributed by atoms with van der Waals surface area (Å²) in [5, 5.41) is 5.07. The van der Waals surface area contributed by atoms with Gasteiger partial charge in [0.2, 0.25) is 10.0 Å². The van der Waals surface area contributed by atoms with Crippen LogP contribution in [0.4, 0.5) is 0 Å². The van der Waals surface area contributed by atoms with E-state index >= 15 is 0 Å². The first-order chi connectivity index (χ1) is 7.97. The van der Waals surface area contributed by atoms with Gasteiger partial charge in [-0.1, -0.05) is 30.0 Å². The van der Waals surface area contributed by atoms with Crippen LogP contribution in [0.5, 0.6) is 0 Å². The largest absolute Gasteiger partial charge is 0.247 e. The molecule has 90 valence electrons. The second-order valence-corrected chi connectivity index (χ2v) is 7.70. The van der Waals surface area contributed by atoms with E-state index in [2.05, 4.69) is 0 Å². The van der Waals surface area contributed by atoms with Crippen molar-refractivity contribution >= 4 is 33.1 Å². The molecule has 1 heterocycles. The molecule has 17 heavy (non-hydrogen) atoms. The summed E-state index contributed by atoms with van der Waals surface area (Å²) in [5.74, 6) is 0. The molecular weight excluding hydrogens is 274 g/mol. The summed E-state index contributed by atoms with van der Waals surface area (Å²) in [6, 6.07) is 11.3. The minimum absolute atomic E-state index is 0.202. The van der Waals surface area contributed by atoms with E-state index < -0.39 is 10.0 Å². The Kier molecular flexibility index (Phi) is 3.58. The fourth-order valence-corrected chi connectivity index (χ4v) is 4.34. The van der Waals surface area contributed by atoms with Gasteiger partial charge in [-0.25, -0.2) is 13.6 Å². The topological polar surface area (TPSA) is 60.2 Å². The van der Waals surface area contributed by atoms with Crippen molar-refractivity contribution in [2.75, 3.05) is 0 Å². The second-order valence-electron chi connectivity index (χ2n) is 3.49. The molecule has 0 amide bonds. The number of nitrogens with two attached hydrogens (primary N) is 1. The van der Waals surface area contributed by atoms with Crippen molar-refractivity contribution < 1.29 is 8.42 Å². The molecule has 0 aliphatic carbocycles. The van der Waals surface area contributed by atoms with E-state index in [-0.39, 0.29) is 4.21 Å². The first-order valence-corrected chi connectivity index (χ1v) is 8.01. The number of aryl methyl sites for hydroxylation is 1. The Balaban J connectivity index is 2.26. The van der Waals surface area contributed by atoms with Crippen LogP contribution in [-0.2, 0) is 10.0 Å². The maximum atomic E-state index is 11.1. The molecule has 0 saturated carbocycles. The molecule has 6 heteroatoms. The Morgan fingerprint density at radius 2 is 1.88 bits per heavy atom. The quantitative estimate of drug-likeness (QED) is 0.943. The molecule has 1 aromatic carbocycles. The normalized spacial score (nSPS) is 11.6. The van der Waals surface area contributed by atoms with Crippen molar-refractivity contribution in [2.24, 2.45) is 5.14 Å². The predicted octanol–water partition coefficient (Wildman–Crippen LogP) is 2.86. The van der Waals surface area contributed by atoms with Crippen LogP contribution in [0.2, 0.25) is 0 Å². The standard InChI is InChI=1S/C11H11NO2S3/c1-8-4-2-3-5-9(8)15-10-6-7-11(16-10)17(12,13)14/h2-7H,1H3,(H2,12,13,14). The van der Waals surface area contributed by atoms with Gasteiger partial charge in [0.25, 0.3) is 0 Å². The Labute approximate surface area is 109 Å². The Hall–Kier alpha value is -0.820. The van der Waals surface area contributed by atoms with Gasteiger partial charge >= 0.3 is 0 Å². The highest BCUT2D eigenvalue weighted by atomic mass is 32.3. The van der Waals surface area contributed by atoms with Gasteiger partial charge in [-0.15, -0.1) is 11.3 Å². The van der Waals surface area contributed by atoms with E-state index in [9.17, 15) is 8.42 Å². The van der Waals surface area contributed by atoms with Gasteiger partial charge in [0, 0.05) is 4.90 Å². The first kappa shape index (κ1) is 12.6. The molecule has 0 aliphatic heterocycles. The van der Waals surface area contributed by atoms with Crippen LogP contribution in [0.25, 0.3) is 0 Å². The second kappa shape index (κ2) is 4.81. The Bertz CT molecular complexity index is 632. The molecule has 2 N–H and O–H groups in total. The zero-order valence-electron chi connectivity index (χ0n) is 9.08. The van der Waals surface area contributed by atoms with Gasteiger partial charge in [-0.3, -0.25) is 0 Å². The number of benzene rings is 1. The van der Waals surface area contributed by atoms with Crippen LogP contribution in [-0.4, -0.2) is 8.42 Å².